The molecular weight excluding hydrogens is 323 g/mol. The first-order valence-corrected chi connectivity index (χ1v) is 11.0. The molecular formula is C24H37FO. The molecule has 9 atom stereocenters. The van der Waals surface area contributed by atoms with Crippen molar-refractivity contribution < 1.29 is 9.50 Å². The van der Waals surface area contributed by atoms with Gasteiger partial charge >= 0.3 is 0 Å². The van der Waals surface area contributed by atoms with Crippen LogP contribution in [0.4, 0.5) is 4.39 Å². The van der Waals surface area contributed by atoms with E-state index < -0.39 is 6.17 Å². The Bertz CT molecular complexity index is 597. The van der Waals surface area contributed by atoms with Crippen molar-refractivity contribution in [2.24, 2.45) is 40.4 Å². The molecule has 0 bridgehead atoms. The van der Waals surface area contributed by atoms with Crippen LogP contribution in [0.15, 0.2) is 24.3 Å². The maximum Gasteiger partial charge on any atom is 0.121 e. The first-order valence-electron chi connectivity index (χ1n) is 11.0. The van der Waals surface area contributed by atoms with Gasteiger partial charge in [-0.25, -0.2) is 4.39 Å². The van der Waals surface area contributed by atoms with Crippen LogP contribution in [-0.4, -0.2) is 17.4 Å². The lowest BCUT2D eigenvalue weighted by Gasteiger charge is -2.57. The van der Waals surface area contributed by atoms with E-state index in [1.807, 2.05) is 0 Å². The third kappa shape index (κ3) is 2.58. The highest BCUT2D eigenvalue weighted by atomic mass is 19.1. The molecule has 4 rings (SSSR count). The fraction of sp³-hybridized carbons (Fsp3) is 0.833. The molecule has 0 amide bonds. The summed E-state index contributed by atoms with van der Waals surface area (Å²) in [6.07, 6.45) is 12.3. The van der Waals surface area contributed by atoms with Gasteiger partial charge in [-0.3, -0.25) is 0 Å². The fourth-order valence-electron chi connectivity index (χ4n) is 7.83. The van der Waals surface area contributed by atoms with E-state index in [1.54, 1.807) is 5.57 Å². The molecule has 5 unspecified atom stereocenters. The Morgan fingerprint density at radius 1 is 1.15 bits per heavy atom. The molecule has 26 heavy (non-hydrogen) atoms. The predicted octanol–water partition coefficient (Wildman–Crippen LogP) is 6.09. The van der Waals surface area contributed by atoms with Gasteiger partial charge in [-0.1, -0.05) is 38.5 Å². The molecule has 4 aliphatic rings. The van der Waals surface area contributed by atoms with Crippen LogP contribution in [-0.2, 0) is 0 Å². The van der Waals surface area contributed by atoms with Gasteiger partial charge in [-0.2, -0.15) is 0 Å². The van der Waals surface area contributed by atoms with Crippen molar-refractivity contribution in [1.82, 2.24) is 0 Å². The highest BCUT2D eigenvalue weighted by molar-refractivity contribution is 5.28. The molecule has 3 fully saturated rings. The minimum atomic E-state index is -0.879. The Kier molecular flexibility index (Phi) is 4.66. The lowest BCUT2D eigenvalue weighted by atomic mass is 9.47. The van der Waals surface area contributed by atoms with Crippen molar-refractivity contribution >= 4 is 0 Å². The average molecular weight is 361 g/mol. The molecule has 3 saturated carbocycles. The van der Waals surface area contributed by atoms with Crippen LogP contribution in [0.25, 0.3) is 0 Å². The molecule has 0 aromatic heterocycles. The Balaban J connectivity index is 1.62. The second-order valence-corrected chi connectivity index (χ2v) is 10.4. The molecule has 1 N–H and O–H groups in total. The Hall–Kier alpha value is -0.630. The maximum absolute atomic E-state index is 14.4. The highest BCUT2D eigenvalue weighted by Gasteiger charge is 2.58. The summed E-state index contributed by atoms with van der Waals surface area (Å²) >= 11 is 0. The van der Waals surface area contributed by atoms with Gasteiger partial charge in [0, 0.05) is 0 Å². The van der Waals surface area contributed by atoms with Crippen molar-refractivity contribution in [1.29, 1.82) is 0 Å². The lowest BCUT2D eigenvalue weighted by Crippen LogP contribution is -2.50. The molecule has 0 saturated heterocycles. The molecule has 146 valence electrons. The molecule has 0 aliphatic heterocycles. The van der Waals surface area contributed by atoms with E-state index in [4.69, 9.17) is 0 Å². The van der Waals surface area contributed by atoms with Gasteiger partial charge in [-0.05, 0) is 91.8 Å². The quantitative estimate of drug-likeness (QED) is 0.604. The van der Waals surface area contributed by atoms with Crippen LogP contribution in [0.1, 0.15) is 72.1 Å². The summed E-state index contributed by atoms with van der Waals surface area (Å²) in [4.78, 5) is 0. The first-order chi connectivity index (χ1) is 12.3. The number of aliphatic hydroxyl groups excluding tert-OH is 1. The van der Waals surface area contributed by atoms with Gasteiger partial charge in [0.1, 0.15) is 6.17 Å². The summed E-state index contributed by atoms with van der Waals surface area (Å²) in [6.45, 7) is 10.8. The number of halogens is 1. The second kappa shape index (κ2) is 6.47. The summed E-state index contributed by atoms with van der Waals surface area (Å²) in [5.74, 6) is 2.55. The summed E-state index contributed by atoms with van der Waals surface area (Å²) in [5.41, 5.74) is 2.35. The minimum Gasteiger partial charge on any atom is -0.393 e. The van der Waals surface area contributed by atoms with Gasteiger partial charge in [0.25, 0.3) is 0 Å². The number of aliphatic hydroxyl groups is 1. The second-order valence-electron chi connectivity index (χ2n) is 10.4. The zero-order valence-electron chi connectivity index (χ0n) is 16.9. The zero-order valence-corrected chi connectivity index (χ0v) is 16.9. The van der Waals surface area contributed by atoms with Crippen LogP contribution in [0, 0.1) is 40.4 Å². The van der Waals surface area contributed by atoms with Crippen molar-refractivity contribution in [3.05, 3.63) is 24.3 Å². The van der Waals surface area contributed by atoms with Gasteiger partial charge in [0.2, 0.25) is 0 Å². The molecule has 1 nitrogen and oxygen atoms in total. The minimum absolute atomic E-state index is 0.0800. The van der Waals surface area contributed by atoms with Crippen LogP contribution in [0.5, 0.6) is 0 Å². The number of alkyl halides is 1. The molecule has 0 aromatic rings. The van der Waals surface area contributed by atoms with Gasteiger partial charge < -0.3 is 5.11 Å². The number of hydrogen-bond acceptors (Lipinski definition) is 1. The summed E-state index contributed by atoms with van der Waals surface area (Å²) in [6, 6.07) is 0. The largest absolute Gasteiger partial charge is 0.393 e. The lowest BCUT2D eigenvalue weighted by molar-refractivity contribution is -0.0440. The maximum atomic E-state index is 14.4. The van der Waals surface area contributed by atoms with E-state index in [0.717, 1.165) is 19.3 Å². The first kappa shape index (κ1) is 18.7. The van der Waals surface area contributed by atoms with Gasteiger partial charge in [0.05, 0.1) is 6.10 Å². The molecule has 0 spiro atoms. The Morgan fingerprint density at radius 3 is 2.58 bits per heavy atom. The smallest absolute Gasteiger partial charge is 0.121 e. The SMILES string of the molecule is C=CC(F)[C@@H](C)C1CCC2C3=CCC4C[C@@H](O)CC[C@]4(C)C3CC[C@@]21C. The standard InChI is InChI=1S/C24H37FO/c1-5-22(25)15(2)19-8-9-20-18-7-6-16-14-17(26)10-12-23(16,3)21(18)11-13-24(19,20)4/h5,7,15-17,19-22,26H,1,6,8-14H2,2-4H3/t15-,16?,17-,19?,20?,21?,22?,23-,24+/m0/s1. The van der Waals surface area contributed by atoms with E-state index in [0.29, 0.717) is 29.1 Å². The normalized spacial score (nSPS) is 50.0. The number of hydrogen-bond donors (Lipinski definition) is 1. The zero-order chi connectivity index (χ0) is 18.7. The molecule has 0 radical (unpaired) electrons. The molecule has 0 heterocycles. The summed E-state index contributed by atoms with van der Waals surface area (Å²) in [7, 11) is 0. The number of rotatable bonds is 3. The summed E-state index contributed by atoms with van der Waals surface area (Å²) in [5, 5.41) is 10.2. The number of allylic oxidation sites excluding steroid dienone is 3. The summed E-state index contributed by atoms with van der Waals surface area (Å²) < 4.78 is 14.4. The van der Waals surface area contributed by atoms with E-state index in [-0.39, 0.29) is 17.4 Å². The van der Waals surface area contributed by atoms with Crippen molar-refractivity contribution in [2.75, 3.05) is 0 Å². The van der Waals surface area contributed by atoms with E-state index in [1.165, 1.54) is 38.2 Å². The third-order valence-corrected chi connectivity index (χ3v) is 9.49. The van der Waals surface area contributed by atoms with E-state index in [9.17, 15) is 9.50 Å². The predicted molar refractivity (Wildman–Crippen MR) is 105 cm³/mol. The van der Waals surface area contributed by atoms with Crippen LogP contribution < -0.4 is 0 Å². The molecule has 2 heteroatoms. The van der Waals surface area contributed by atoms with Crippen molar-refractivity contribution in [3.63, 3.8) is 0 Å². The average Bonchev–Trinajstić information content (AvgIpc) is 2.98. The highest BCUT2D eigenvalue weighted by Crippen LogP contribution is 2.66. The monoisotopic (exact) mass is 360 g/mol. The van der Waals surface area contributed by atoms with Gasteiger partial charge in [-0.15, -0.1) is 6.58 Å². The van der Waals surface area contributed by atoms with E-state index in [2.05, 4.69) is 33.4 Å². The van der Waals surface area contributed by atoms with Crippen LogP contribution in [0.2, 0.25) is 0 Å². The van der Waals surface area contributed by atoms with Crippen LogP contribution >= 0.6 is 0 Å². The van der Waals surface area contributed by atoms with Crippen molar-refractivity contribution in [2.45, 2.75) is 84.4 Å². The van der Waals surface area contributed by atoms with E-state index >= 15 is 0 Å². The van der Waals surface area contributed by atoms with Crippen molar-refractivity contribution in [3.8, 4) is 0 Å². The molecule has 4 aliphatic carbocycles. The fourth-order valence-corrected chi connectivity index (χ4v) is 7.83. The topological polar surface area (TPSA) is 20.2 Å². The van der Waals surface area contributed by atoms with Gasteiger partial charge in [0.15, 0.2) is 0 Å². The van der Waals surface area contributed by atoms with Crippen LogP contribution in [0.3, 0.4) is 0 Å². The Morgan fingerprint density at radius 2 is 1.85 bits per heavy atom. The third-order valence-electron chi connectivity index (χ3n) is 9.49. The molecule has 0 aromatic carbocycles. The Labute approximate surface area is 159 Å². The number of fused-ring (bicyclic) bond motifs is 5.